The van der Waals surface area contributed by atoms with Crippen molar-refractivity contribution in [3.05, 3.63) is 23.2 Å². The third-order valence-corrected chi connectivity index (χ3v) is 4.89. The molecule has 1 saturated heterocycles. The normalized spacial score (nSPS) is 27.5. The molecule has 2 heterocycles. The lowest BCUT2D eigenvalue weighted by atomic mass is 9.74. The van der Waals surface area contributed by atoms with Crippen LogP contribution in [0.4, 0.5) is 0 Å². The van der Waals surface area contributed by atoms with E-state index in [1.807, 2.05) is 0 Å². The van der Waals surface area contributed by atoms with Crippen molar-refractivity contribution < 1.29 is 4.42 Å². The number of nitrogens with zero attached hydrogens (tertiary/aromatic N) is 1. The smallest absolute Gasteiger partial charge is 0.109 e. The van der Waals surface area contributed by atoms with E-state index in [-0.39, 0.29) is 0 Å². The van der Waals surface area contributed by atoms with Gasteiger partial charge in [0.05, 0.1) is 0 Å². The zero-order valence-electron chi connectivity index (χ0n) is 13.3. The molecular weight excluding hydrogens is 248 g/mol. The SMILES string of the molecule is Cc1cc2c(o1)CC(C)(C)CC2NC1CCN(C)CC1. The molecule has 1 unspecified atom stereocenters. The molecule has 1 N–H and O–H groups in total. The van der Waals surface area contributed by atoms with E-state index in [9.17, 15) is 0 Å². The average Bonchev–Trinajstić information content (AvgIpc) is 2.71. The van der Waals surface area contributed by atoms with Gasteiger partial charge in [0.15, 0.2) is 0 Å². The Morgan fingerprint density at radius 1 is 1.30 bits per heavy atom. The quantitative estimate of drug-likeness (QED) is 0.898. The Hall–Kier alpha value is -0.800. The van der Waals surface area contributed by atoms with E-state index in [0.29, 0.717) is 17.5 Å². The van der Waals surface area contributed by atoms with Crippen LogP contribution in [0.2, 0.25) is 0 Å². The van der Waals surface area contributed by atoms with Crippen LogP contribution < -0.4 is 5.32 Å². The van der Waals surface area contributed by atoms with Crippen molar-refractivity contribution in [2.45, 2.75) is 58.5 Å². The molecule has 20 heavy (non-hydrogen) atoms. The summed E-state index contributed by atoms with van der Waals surface area (Å²) < 4.78 is 5.93. The van der Waals surface area contributed by atoms with E-state index >= 15 is 0 Å². The predicted molar refractivity (Wildman–Crippen MR) is 81.9 cm³/mol. The van der Waals surface area contributed by atoms with Crippen LogP contribution in [0.5, 0.6) is 0 Å². The van der Waals surface area contributed by atoms with Crippen molar-refractivity contribution in [3.8, 4) is 0 Å². The molecule has 3 heteroatoms. The molecule has 0 saturated carbocycles. The number of likely N-dealkylation sites (tertiary alicyclic amines) is 1. The lowest BCUT2D eigenvalue weighted by molar-refractivity contribution is 0.188. The zero-order valence-corrected chi connectivity index (χ0v) is 13.3. The number of furan rings is 1. The maximum absolute atomic E-state index is 5.93. The third kappa shape index (κ3) is 2.94. The Labute approximate surface area is 122 Å². The molecular formula is C17H28N2O. The Bertz CT molecular complexity index is 469. The maximum atomic E-state index is 5.93. The third-order valence-electron chi connectivity index (χ3n) is 4.89. The highest BCUT2D eigenvalue weighted by Crippen LogP contribution is 2.42. The number of hydrogen-bond donors (Lipinski definition) is 1. The van der Waals surface area contributed by atoms with Crippen molar-refractivity contribution in [1.82, 2.24) is 10.2 Å². The molecule has 1 aromatic heterocycles. The van der Waals surface area contributed by atoms with Gasteiger partial charge in [-0.3, -0.25) is 0 Å². The molecule has 1 atom stereocenters. The minimum Gasteiger partial charge on any atom is -0.466 e. The second kappa shape index (κ2) is 5.19. The fourth-order valence-corrected chi connectivity index (χ4v) is 3.79. The lowest BCUT2D eigenvalue weighted by Gasteiger charge is -2.38. The van der Waals surface area contributed by atoms with Crippen molar-refractivity contribution in [2.24, 2.45) is 5.41 Å². The van der Waals surface area contributed by atoms with Crippen LogP contribution in [0.3, 0.4) is 0 Å². The van der Waals surface area contributed by atoms with Crippen LogP contribution >= 0.6 is 0 Å². The van der Waals surface area contributed by atoms with Crippen LogP contribution in [0.1, 0.15) is 56.2 Å². The van der Waals surface area contributed by atoms with Gasteiger partial charge in [-0.2, -0.15) is 0 Å². The first-order valence-electron chi connectivity index (χ1n) is 7.97. The van der Waals surface area contributed by atoms with Crippen LogP contribution in [-0.4, -0.2) is 31.1 Å². The molecule has 3 rings (SSSR count). The van der Waals surface area contributed by atoms with Gasteiger partial charge < -0.3 is 14.6 Å². The molecule has 0 radical (unpaired) electrons. The standard InChI is InChI=1S/C17H28N2O/c1-12-9-14-15(10-17(2,3)11-16(14)20-12)18-13-5-7-19(4)8-6-13/h9,13,15,18H,5-8,10-11H2,1-4H3. The molecule has 1 aromatic rings. The summed E-state index contributed by atoms with van der Waals surface area (Å²) in [4.78, 5) is 2.43. The second-order valence-corrected chi connectivity index (χ2v) is 7.58. The fraction of sp³-hybridized carbons (Fsp3) is 0.765. The van der Waals surface area contributed by atoms with E-state index in [4.69, 9.17) is 4.42 Å². The minimum absolute atomic E-state index is 0.334. The first-order valence-corrected chi connectivity index (χ1v) is 7.97. The van der Waals surface area contributed by atoms with Crippen LogP contribution in [-0.2, 0) is 6.42 Å². The topological polar surface area (TPSA) is 28.4 Å². The molecule has 1 aliphatic heterocycles. The Balaban J connectivity index is 1.75. The monoisotopic (exact) mass is 276 g/mol. The first-order chi connectivity index (χ1) is 9.43. The summed E-state index contributed by atoms with van der Waals surface area (Å²) in [6.07, 6.45) is 4.81. The summed E-state index contributed by atoms with van der Waals surface area (Å²) in [6, 6.07) is 3.38. The number of rotatable bonds is 2. The number of fused-ring (bicyclic) bond motifs is 1. The molecule has 0 bridgehead atoms. The van der Waals surface area contributed by atoms with Crippen LogP contribution in [0.15, 0.2) is 10.5 Å². The first kappa shape index (κ1) is 14.2. The summed E-state index contributed by atoms with van der Waals surface area (Å²) in [5.74, 6) is 2.27. The molecule has 3 nitrogen and oxygen atoms in total. The zero-order chi connectivity index (χ0) is 14.3. The van der Waals surface area contributed by atoms with E-state index in [1.165, 1.54) is 43.7 Å². The highest BCUT2D eigenvalue weighted by molar-refractivity contribution is 5.29. The number of hydrogen-bond acceptors (Lipinski definition) is 3. The summed E-state index contributed by atoms with van der Waals surface area (Å²) >= 11 is 0. The summed E-state index contributed by atoms with van der Waals surface area (Å²) in [5, 5.41) is 3.92. The van der Waals surface area contributed by atoms with Gasteiger partial charge in [-0.15, -0.1) is 0 Å². The molecule has 1 fully saturated rings. The van der Waals surface area contributed by atoms with Crippen molar-refractivity contribution in [1.29, 1.82) is 0 Å². The molecule has 0 aromatic carbocycles. The Morgan fingerprint density at radius 2 is 2.00 bits per heavy atom. The van der Waals surface area contributed by atoms with Crippen LogP contribution in [0.25, 0.3) is 0 Å². The van der Waals surface area contributed by atoms with Crippen molar-refractivity contribution in [2.75, 3.05) is 20.1 Å². The van der Waals surface area contributed by atoms with E-state index in [2.05, 4.69) is 44.1 Å². The Morgan fingerprint density at radius 3 is 2.70 bits per heavy atom. The van der Waals surface area contributed by atoms with Gasteiger partial charge in [-0.05, 0) is 57.8 Å². The van der Waals surface area contributed by atoms with Gasteiger partial charge in [-0.1, -0.05) is 13.8 Å². The Kier molecular flexibility index (Phi) is 3.67. The molecule has 2 aliphatic rings. The second-order valence-electron chi connectivity index (χ2n) is 7.58. The molecule has 112 valence electrons. The number of nitrogens with one attached hydrogen (secondary N) is 1. The van der Waals surface area contributed by atoms with E-state index < -0.39 is 0 Å². The summed E-state index contributed by atoms with van der Waals surface area (Å²) in [5.41, 5.74) is 1.75. The highest BCUT2D eigenvalue weighted by Gasteiger charge is 2.35. The predicted octanol–water partition coefficient (Wildman–Crippen LogP) is 3.29. The van der Waals surface area contributed by atoms with E-state index in [0.717, 1.165) is 12.2 Å². The van der Waals surface area contributed by atoms with Gasteiger partial charge in [0, 0.05) is 24.1 Å². The number of aryl methyl sites for hydroxylation is 1. The van der Waals surface area contributed by atoms with Gasteiger partial charge in [0.1, 0.15) is 11.5 Å². The number of piperidine rings is 1. The molecule has 0 amide bonds. The minimum atomic E-state index is 0.334. The van der Waals surface area contributed by atoms with Gasteiger partial charge in [0.2, 0.25) is 0 Å². The summed E-state index contributed by atoms with van der Waals surface area (Å²) in [6.45, 7) is 9.21. The van der Waals surface area contributed by atoms with Gasteiger partial charge in [0.25, 0.3) is 0 Å². The lowest BCUT2D eigenvalue weighted by Crippen LogP contribution is -2.44. The van der Waals surface area contributed by atoms with E-state index in [1.54, 1.807) is 0 Å². The van der Waals surface area contributed by atoms with Crippen LogP contribution in [0, 0.1) is 12.3 Å². The van der Waals surface area contributed by atoms with Gasteiger partial charge in [-0.25, -0.2) is 0 Å². The van der Waals surface area contributed by atoms with Gasteiger partial charge >= 0.3 is 0 Å². The largest absolute Gasteiger partial charge is 0.466 e. The summed E-state index contributed by atoms with van der Waals surface area (Å²) in [7, 11) is 2.22. The maximum Gasteiger partial charge on any atom is 0.109 e. The molecule has 0 spiro atoms. The van der Waals surface area contributed by atoms with Crippen molar-refractivity contribution >= 4 is 0 Å². The average molecular weight is 276 g/mol. The highest BCUT2D eigenvalue weighted by atomic mass is 16.3. The molecule has 1 aliphatic carbocycles. The van der Waals surface area contributed by atoms with Crippen molar-refractivity contribution in [3.63, 3.8) is 0 Å². The fourth-order valence-electron chi connectivity index (χ4n) is 3.79.